The Morgan fingerprint density at radius 3 is 2.43 bits per heavy atom. The van der Waals surface area contributed by atoms with E-state index in [2.05, 4.69) is 5.32 Å². The number of aliphatic hydroxyl groups excluding tert-OH is 1. The highest BCUT2D eigenvalue weighted by Crippen LogP contribution is 2.31. The van der Waals surface area contributed by atoms with E-state index in [1.165, 1.54) is 6.42 Å². The first-order valence-electron chi connectivity index (χ1n) is 5.83. The van der Waals surface area contributed by atoms with Crippen LogP contribution in [0.4, 0.5) is 0 Å². The van der Waals surface area contributed by atoms with Crippen molar-refractivity contribution >= 4 is 0 Å². The normalized spacial score (nSPS) is 36.4. The lowest BCUT2D eigenvalue weighted by molar-refractivity contribution is -0.0386. The Kier molecular flexibility index (Phi) is 3.10. The van der Waals surface area contributed by atoms with Gasteiger partial charge in [-0.15, -0.1) is 0 Å². The molecule has 0 aromatic heterocycles. The Morgan fingerprint density at radius 2 is 1.86 bits per heavy atom. The van der Waals surface area contributed by atoms with Crippen LogP contribution in [-0.4, -0.2) is 34.5 Å². The number of nitrogens with one attached hydrogen (secondary N) is 1. The fourth-order valence-corrected chi connectivity index (χ4v) is 2.43. The summed E-state index contributed by atoms with van der Waals surface area (Å²) in [5.74, 6) is 0. The maximum Gasteiger partial charge on any atom is 0.0771 e. The summed E-state index contributed by atoms with van der Waals surface area (Å²) in [6.45, 7) is 0.661. The molecule has 3 heteroatoms. The molecule has 0 spiro atoms. The van der Waals surface area contributed by atoms with Gasteiger partial charge >= 0.3 is 0 Å². The van der Waals surface area contributed by atoms with Crippen LogP contribution in [0.5, 0.6) is 0 Å². The molecule has 0 aromatic carbocycles. The van der Waals surface area contributed by atoms with Crippen molar-refractivity contribution in [3.05, 3.63) is 0 Å². The number of rotatable bonds is 3. The second-order valence-corrected chi connectivity index (χ2v) is 4.92. The van der Waals surface area contributed by atoms with Gasteiger partial charge in [0.25, 0.3) is 0 Å². The Bertz CT molecular complexity index is 192. The molecule has 0 radical (unpaired) electrons. The zero-order chi connectivity index (χ0) is 10.0. The predicted molar refractivity (Wildman–Crippen MR) is 55.1 cm³/mol. The second kappa shape index (κ2) is 4.17. The zero-order valence-electron chi connectivity index (χ0n) is 8.71. The fraction of sp³-hybridized carbons (Fsp3) is 1.00. The zero-order valence-corrected chi connectivity index (χ0v) is 8.71. The van der Waals surface area contributed by atoms with Crippen molar-refractivity contribution in [2.45, 2.75) is 62.7 Å². The summed E-state index contributed by atoms with van der Waals surface area (Å²) in [6.07, 6.45) is 7.09. The third kappa shape index (κ3) is 2.27. The summed E-state index contributed by atoms with van der Waals surface area (Å²) in [5.41, 5.74) is -0.461. The van der Waals surface area contributed by atoms with Gasteiger partial charge in [-0.2, -0.15) is 0 Å². The van der Waals surface area contributed by atoms with Gasteiger partial charge < -0.3 is 15.5 Å². The Balaban J connectivity index is 1.73. The highest BCUT2D eigenvalue weighted by Gasteiger charge is 2.35. The molecule has 14 heavy (non-hydrogen) atoms. The lowest BCUT2D eigenvalue weighted by Gasteiger charge is -2.39. The molecule has 2 atom stereocenters. The lowest BCUT2D eigenvalue weighted by Crippen LogP contribution is -2.52. The molecule has 2 fully saturated rings. The minimum absolute atomic E-state index is 0.201. The first-order valence-corrected chi connectivity index (χ1v) is 5.83. The van der Waals surface area contributed by atoms with Gasteiger partial charge in [0.15, 0.2) is 0 Å². The van der Waals surface area contributed by atoms with Gasteiger partial charge in [0.2, 0.25) is 0 Å². The van der Waals surface area contributed by atoms with Crippen LogP contribution in [0, 0.1) is 0 Å². The molecule has 0 saturated heterocycles. The van der Waals surface area contributed by atoms with Crippen molar-refractivity contribution in [3.8, 4) is 0 Å². The number of aliphatic hydroxyl groups is 2. The highest BCUT2D eigenvalue weighted by molar-refractivity contribution is 4.92. The van der Waals surface area contributed by atoms with Gasteiger partial charge in [-0.25, -0.2) is 0 Å². The molecule has 0 bridgehead atoms. The van der Waals surface area contributed by atoms with E-state index in [9.17, 15) is 10.2 Å². The Hall–Kier alpha value is -0.120. The van der Waals surface area contributed by atoms with Crippen LogP contribution in [0.15, 0.2) is 0 Å². The topological polar surface area (TPSA) is 52.5 Å². The molecule has 0 aliphatic heterocycles. The van der Waals surface area contributed by atoms with Crippen LogP contribution in [0.25, 0.3) is 0 Å². The molecule has 3 N–H and O–H groups in total. The molecule has 2 saturated carbocycles. The van der Waals surface area contributed by atoms with Gasteiger partial charge in [0.1, 0.15) is 0 Å². The van der Waals surface area contributed by atoms with Gasteiger partial charge in [-0.3, -0.25) is 0 Å². The number of hydrogen-bond donors (Lipinski definition) is 3. The maximum absolute atomic E-state index is 9.88. The summed E-state index contributed by atoms with van der Waals surface area (Å²) in [7, 11) is 0. The molecule has 0 heterocycles. The molecule has 2 rings (SSSR count). The monoisotopic (exact) mass is 199 g/mol. The van der Waals surface area contributed by atoms with E-state index in [4.69, 9.17) is 0 Å². The third-order valence-corrected chi connectivity index (χ3v) is 3.71. The van der Waals surface area contributed by atoms with Crippen LogP contribution in [0.1, 0.15) is 44.9 Å². The summed E-state index contributed by atoms with van der Waals surface area (Å²) in [4.78, 5) is 0. The van der Waals surface area contributed by atoms with Crippen molar-refractivity contribution in [2.24, 2.45) is 0 Å². The van der Waals surface area contributed by atoms with Gasteiger partial charge in [0.05, 0.1) is 11.7 Å². The average Bonchev–Trinajstić information content (AvgIpc) is 2.14. The first kappa shape index (κ1) is 10.4. The van der Waals surface area contributed by atoms with Crippen molar-refractivity contribution in [2.75, 3.05) is 6.54 Å². The first-order chi connectivity index (χ1) is 6.70. The fourth-order valence-electron chi connectivity index (χ4n) is 2.43. The van der Waals surface area contributed by atoms with E-state index in [1.807, 2.05) is 0 Å². The van der Waals surface area contributed by atoms with Crippen molar-refractivity contribution in [1.29, 1.82) is 0 Å². The van der Waals surface area contributed by atoms with Crippen LogP contribution < -0.4 is 5.32 Å². The molecular formula is C11H21NO2. The van der Waals surface area contributed by atoms with Crippen LogP contribution in [0.2, 0.25) is 0 Å². The summed E-state index contributed by atoms with van der Waals surface area (Å²) in [6, 6.07) is 0.216. The van der Waals surface area contributed by atoms with Crippen molar-refractivity contribution in [3.63, 3.8) is 0 Å². The summed E-state index contributed by atoms with van der Waals surface area (Å²) in [5, 5.41) is 22.9. The molecule has 0 aromatic rings. The van der Waals surface area contributed by atoms with Crippen molar-refractivity contribution in [1.82, 2.24) is 5.32 Å². The van der Waals surface area contributed by atoms with E-state index < -0.39 is 5.60 Å². The molecule has 2 aliphatic rings. The Morgan fingerprint density at radius 1 is 1.14 bits per heavy atom. The van der Waals surface area contributed by atoms with E-state index in [0.29, 0.717) is 6.54 Å². The third-order valence-electron chi connectivity index (χ3n) is 3.71. The molecule has 0 amide bonds. The van der Waals surface area contributed by atoms with Gasteiger partial charge in [-0.1, -0.05) is 12.8 Å². The Labute approximate surface area is 85.5 Å². The van der Waals surface area contributed by atoms with Gasteiger partial charge in [0, 0.05) is 12.6 Å². The summed E-state index contributed by atoms with van der Waals surface area (Å²) < 4.78 is 0. The van der Waals surface area contributed by atoms with Crippen LogP contribution in [-0.2, 0) is 0 Å². The minimum atomic E-state index is -0.461. The van der Waals surface area contributed by atoms with E-state index in [0.717, 1.165) is 38.5 Å². The van der Waals surface area contributed by atoms with Crippen molar-refractivity contribution < 1.29 is 10.2 Å². The van der Waals surface area contributed by atoms with Crippen LogP contribution >= 0.6 is 0 Å². The number of hydrogen-bond acceptors (Lipinski definition) is 3. The average molecular weight is 199 g/mol. The highest BCUT2D eigenvalue weighted by atomic mass is 16.3. The SMILES string of the molecule is OC1CCCCC1NCC1(O)CCC1. The van der Waals surface area contributed by atoms with E-state index in [1.54, 1.807) is 0 Å². The quantitative estimate of drug-likeness (QED) is 0.630. The second-order valence-electron chi connectivity index (χ2n) is 4.92. The predicted octanol–water partition coefficient (Wildman–Crippen LogP) is 0.794. The molecule has 2 aliphatic carbocycles. The standard InChI is InChI=1S/C11H21NO2/c13-10-5-2-1-4-9(10)12-8-11(14)6-3-7-11/h9-10,12-14H,1-8H2. The minimum Gasteiger partial charge on any atom is -0.392 e. The smallest absolute Gasteiger partial charge is 0.0771 e. The largest absolute Gasteiger partial charge is 0.392 e. The van der Waals surface area contributed by atoms with E-state index in [-0.39, 0.29) is 12.1 Å². The van der Waals surface area contributed by atoms with Crippen LogP contribution in [0.3, 0.4) is 0 Å². The van der Waals surface area contributed by atoms with Gasteiger partial charge in [-0.05, 0) is 32.1 Å². The van der Waals surface area contributed by atoms with E-state index >= 15 is 0 Å². The lowest BCUT2D eigenvalue weighted by atomic mass is 9.80. The molecule has 2 unspecified atom stereocenters. The molecule has 3 nitrogen and oxygen atoms in total. The molecular weight excluding hydrogens is 178 g/mol. The maximum atomic E-state index is 9.88. The summed E-state index contributed by atoms with van der Waals surface area (Å²) >= 11 is 0. The molecule has 82 valence electrons.